The number of aliphatic carboxylic acids is 1. The highest BCUT2D eigenvalue weighted by Crippen LogP contribution is 2.23. The first-order valence-corrected chi connectivity index (χ1v) is 9.77. The number of nitrogens with zero attached hydrogens (tertiary/aromatic N) is 4. The topological polar surface area (TPSA) is 105 Å². The van der Waals surface area contributed by atoms with E-state index in [0.29, 0.717) is 12.5 Å². The average Bonchev–Trinajstić information content (AvgIpc) is 3.31. The van der Waals surface area contributed by atoms with E-state index in [1.165, 1.54) is 0 Å². The SMILES string of the molecule is CCc1ccc(CN2CCC(n3cc(CC(C)O)nn3)CC2)o1.O=C(O)C(F)(F)F. The number of carboxylic acids is 1. The van der Waals surface area contributed by atoms with E-state index in [2.05, 4.69) is 34.3 Å². The van der Waals surface area contributed by atoms with Gasteiger partial charge in [0.15, 0.2) is 0 Å². The minimum absolute atomic E-state index is 0.372. The molecular formula is C19H27F3N4O4. The molecule has 0 saturated carbocycles. The molecule has 0 spiro atoms. The maximum absolute atomic E-state index is 10.6. The second-order valence-electron chi connectivity index (χ2n) is 7.27. The molecule has 11 heteroatoms. The van der Waals surface area contributed by atoms with Crippen molar-refractivity contribution < 1.29 is 32.6 Å². The van der Waals surface area contributed by atoms with Gasteiger partial charge < -0.3 is 14.6 Å². The molecule has 1 atom stereocenters. The van der Waals surface area contributed by atoms with Gasteiger partial charge in [-0.2, -0.15) is 13.2 Å². The minimum atomic E-state index is -5.08. The monoisotopic (exact) mass is 432 g/mol. The largest absolute Gasteiger partial charge is 0.490 e. The van der Waals surface area contributed by atoms with E-state index < -0.39 is 12.1 Å². The molecule has 0 radical (unpaired) electrons. The Hall–Kier alpha value is -2.40. The summed E-state index contributed by atoms with van der Waals surface area (Å²) in [5, 5.41) is 24.9. The van der Waals surface area contributed by atoms with Gasteiger partial charge in [-0.3, -0.25) is 4.90 Å². The Kier molecular flexibility index (Phi) is 8.42. The third-order valence-electron chi connectivity index (χ3n) is 4.68. The first kappa shape index (κ1) is 23.9. The van der Waals surface area contributed by atoms with Gasteiger partial charge in [0.1, 0.15) is 11.5 Å². The minimum Gasteiger partial charge on any atom is -0.475 e. The van der Waals surface area contributed by atoms with Crippen molar-refractivity contribution in [3.05, 3.63) is 35.5 Å². The summed E-state index contributed by atoms with van der Waals surface area (Å²) >= 11 is 0. The molecule has 3 heterocycles. The van der Waals surface area contributed by atoms with E-state index in [1.54, 1.807) is 6.92 Å². The fraction of sp³-hybridized carbons (Fsp3) is 0.632. The Morgan fingerprint density at radius 1 is 1.30 bits per heavy atom. The Balaban J connectivity index is 0.000000396. The summed E-state index contributed by atoms with van der Waals surface area (Å²) in [5.74, 6) is -0.643. The first-order chi connectivity index (χ1) is 14.1. The van der Waals surface area contributed by atoms with Gasteiger partial charge in [-0.05, 0) is 31.9 Å². The molecule has 1 unspecified atom stereocenters. The Morgan fingerprint density at radius 2 is 1.90 bits per heavy atom. The molecule has 0 aliphatic carbocycles. The number of carbonyl (C=O) groups is 1. The predicted molar refractivity (Wildman–Crippen MR) is 101 cm³/mol. The lowest BCUT2D eigenvalue weighted by atomic mass is 10.1. The third kappa shape index (κ3) is 7.45. The highest BCUT2D eigenvalue weighted by Gasteiger charge is 2.38. The van der Waals surface area contributed by atoms with Crippen molar-refractivity contribution in [2.45, 2.75) is 64.4 Å². The maximum Gasteiger partial charge on any atom is 0.490 e. The summed E-state index contributed by atoms with van der Waals surface area (Å²) in [6, 6.07) is 4.57. The van der Waals surface area contributed by atoms with Crippen LogP contribution in [0.1, 0.15) is 49.9 Å². The molecule has 0 amide bonds. The molecular weight excluding hydrogens is 405 g/mol. The van der Waals surface area contributed by atoms with Crippen molar-refractivity contribution in [1.29, 1.82) is 0 Å². The van der Waals surface area contributed by atoms with Crippen LogP contribution in [0.2, 0.25) is 0 Å². The number of piperidine rings is 1. The highest BCUT2D eigenvalue weighted by molar-refractivity contribution is 5.73. The Labute approximate surface area is 172 Å². The zero-order valence-electron chi connectivity index (χ0n) is 17.0. The summed E-state index contributed by atoms with van der Waals surface area (Å²) < 4.78 is 39.5. The number of hydrogen-bond donors (Lipinski definition) is 2. The molecule has 0 aromatic carbocycles. The van der Waals surface area contributed by atoms with Gasteiger partial charge in [0, 0.05) is 32.1 Å². The fourth-order valence-electron chi connectivity index (χ4n) is 3.15. The standard InChI is InChI=1S/C17H26N4O2.C2HF3O2/c1-3-16-4-5-17(23-16)12-20-8-6-15(7-9-20)21-11-14(18-19-21)10-13(2)22;3-2(4,5)1(6)7/h4-5,11,13,15,22H,3,6-10,12H2,1-2H3;(H,6,7). The smallest absolute Gasteiger partial charge is 0.475 e. The van der Waals surface area contributed by atoms with Crippen LogP contribution in [0.5, 0.6) is 0 Å². The fourth-order valence-corrected chi connectivity index (χ4v) is 3.15. The van der Waals surface area contributed by atoms with E-state index in [1.807, 2.05) is 10.9 Å². The number of halogens is 3. The average molecular weight is 432 g/mol. The predicted octanol–water partition coefficient (Wildman–Crippen LogP) is 2.83. The number of aryl methyl sites for hydroxylation is 1. The number of aliphatic hydroxyl groups is 1. The molecule has 2 aromatic heterocycles. The van der Waals surface area contributed by atoms with Crippen molar-refractivity contribution in [2.75, 3.05) is 13.1 Å². The van der Waals surface area contributed by atoms with E-state index in [4.69, 9.17) is 14.3 Å². The van der Waals surface area contributed by atoms with E-state index in [9.17, 15) is 18.3 Å². The maximum atomic E-state index is 10.6. The van der Waals surface area contributed by atoms with Crippen LogP contribution < -0.4 is 0 Å². The van der Waals surface area contributed by atoms with Gasteiger partial charge in [0.05, 0.1) is 24.4 Å². The lowest BCUT2D eigenvalue weighted by molar-refractivity contribution is -0.192. The number of aliphatic hydroxyl groups excluding tert-OH is 1. The van der Waals surface area contributed by atoms with E-state index in [-0.39, 0.29) is 6.10 Å². The number of hydrogen-bond acceptors (Lipinski definition) is 6. The molecule has 0 bridgehead atoms. The van der Waals surface area contributed by atoms with Gasteiger partial charge in [0.2, 0.25) is 0 Å². The van der Waals surface area contributed by atoms with Crippen molar-refractivity contribution >= 4 is 5.97 Å². The van der Waals surface area contributed by atoms with Gasteiger partial charge in [-0.15, -0.1) is 5.10 Å². The van der Waals surface area contributed by atoms with Crippen LogP contribution in [0.15, 0.2) is 22.7 Å². The van der Waals surface area contributed by atoms with Crippen LogP contribution in [0, 0.1) is 0 Å². The van der Waals surface area contributed by atoms with Gasteiger partial charge in [-0.1, -0.05) is 12.1 Å². The normalized spacial score (nSPS) is 16.7. The lowest BCUT2D eigenvalue weighted by Gasteiger charge is -2.31. The highest BCUT2D eigenvalue weighted by atomic mass is 19.4. The Morgan fingerprint density at radius 3 is 2.40 bits per heavy atom. The zero-order chi connectivity index (χ0) is 22.3. The number of alkyl halides is 3. The van der Waals surface area contributed by atoms with Gasteiger partial charge in [-0.25, -0.2) is 9.48 Å². The summed E-state index contributed by atoms with van der Waals surface area (Å²) in [5.41, 5.74) is 0.866. The molecule has 1 aliphatic heterocycles. The molecule has 1 aliphatic rings. The molecule has 168 valence electrons. The van der Waals surface area contributed by atoms with Crippen LogP contribution in [-0.2, 0) is 24.2 Å². The van der Waals surface area contributed by atoms with Gasteiger partial charge >= 0.3 is 12.1 Å². The second kappa shape index (κ2) is 10.6. The van der Waals surface area contributed by atoms with Crippen LogP contribution in [0.4, 0.5) is 13.2 Å². The van der Waals surface area contributed by atoms with Crippen molar-refractivity contribution in [2.24, 2.45) is 0 Å². The van der Waals surface area contributed by atoms with Crippen molar-refractivity contribution in [1.82, 2.24) is 19.9 Å². The summed E-state index contributed by atoms with van der Waals surface area (Å²) in [6.45, 7) is 6.85. The molecule has 1 saturated heterocycles. The lowest BCUT2D eigenvalue weighted by Crippen LogP contribution is -2.34. The van der Waals surface area contributed by atoms with E-state index in [0.717, 1.165) is 56.1 Å². The second-order valence-corrected chi connectivity index (χ2v) is 7.27. The summed E-state index contributed by atoms with van der Waals surface area (Å²) in [6.07, 6.45) is 0.175. The molecule has 3 rings (SSSR count). The number of rotatable bonds is 6. The third-order valence-corrected chi connectivity index (χ3v) is 4.68. The zero-order valence-corrected chi connectivity index (χ0v) is 17.0. The Bertz CT molecular complexity index is 796. The molecule has 1 fully saturated rings. The summed E-state index contributed by atoms with van der Waals surface area (Å²) in [4.78, 5) is 11.3. The first-order valence-electron chi connectivity index (χ1n) is 9.77. The molecule has 8 nitrogen and oxygen atoms in total. The quantitative estimate of drug-likeness (QED) is 0.723. The summed E-state index contributed by atoms with van der Waals surface area (Å²) in [7, 11) is 0. The molecule has 2 aromatic rings. The number of aromatic nitrogens is 3. The van der Waals surface area contributed by atoms with Crippen LogP contribution >= 0.6 is 0 Å². The molecule has 30 heavy (non-hydrogen) atoms. The van der Waals surface area contributed by atoms with E-state index >= 15 is 0 Å². The number of likely N-dealkylation sites (tertiary alicyclic amines) is 1. The number of furan rings is 1. The van der Waals surface area contributed by atoms with Crippen LogP contribution in [0.3, 0.4) is 0 Å². The van der Waals surface area contributed by atoms with Gasteiger partial charge in [0.25, 0.3) is 0 Å². The molecule has 2 N–H and O–H groups in total. The number of carboxylic acid groups (broad SMARTS) is 1. The van der Waals surface area contributed by atoms with Crippen LogP contribution in [-0.4, -0.2) is 61.4 Å². The van der Waals surface area contributed by atoms with Crippen molar-refractivity contribution in [3.63, 3.8) is 0 Å². The van der Waals surface area contributed by atoms with Crippen molar-refractivity contribution in [3.8, 4) is 0 Å². The van der Waals surface area contributed by atoms with Crippen LogP contribution in [0.25, 0.3) is 0 Å².